The molecular weight excluding hydrogens is 364 g/mol. The third-order valence-electron chi connectivity index (χ3n) is 4.40. The van der Waals surface area contributed by atoms with Gasteiger partial charge < -0.3 is 15.5 Å². The van der Waals surface area contributed by atoms with E-state index in [4.69, 9.17) is 0 Å². The van der Waals surface area contributed by atoms with Crippen molar-refractivity contribution < 1.29 is 23.8 Å². The summed E-state index contributed by atoms with van der Waals surface area (Å²) in [6.07, 6.45) is 0.969. The number of hydrogen-bond donors (Lipinski definition) is 3. The van der Waals surface area contributed by atoms with Crippen LogP contribution in [0.1, 0.15) is 17.2 Å². The minimum absolute atomic E-state index is 0.0693. The van der Waals surface area contributed by atoms with Gasteiger partial charge in [0, 0.05) is 11.6 Å². The number of aliphatic hydroxyl groups is 2. The van der Waals surface area contributed by atoms with Gasteiger partial charge in [-0.05, 0) is 34.5 Å². The second-order valence-corrected chi connectivity index (χ2v) is 6.32. The molecule has 0 heterocycles. The van der Waals surface area contributed by atoms with Crippen molar-refractivity contribution in [1.29, 1.82) is 0 Å². The van der Waals surface area contributed by atoms with E-state index in [1.165, 1.54) is 12.1 Å². The fourth-order valence-corrected chi connectivity index (χ4v) is 2.92. The van der Waals surface area contributed by atoms with Gasteiger partial charge >= 0.3 is 0 Å². The predicted octanol–water partition coefficient (Wildman–Crippen LogP) is 3.34. The van der Waals surface area contributed by atoms with Crippen molar-refractivity contribution in [2.45, 2.75) is 12.1 Å². The number of aliphatic hydroxyl groups excluding tert-OH is 2. The van der Waals surface area contributed by atoms with E-state index in [0.717, 1.165) is 29.0 Å². The first kappa shape index (κ1) is 19.7. The van der Waals surface area contributed by atoms with Gasteiger partial charge in [-0.25, -0.2) is 8.78 Å². The smallest absolute Gasteiger partial charge is 0.244 e. The number of benzene rings is 3. The van der Waals surface area contributed by atoms with Crippen LogP contribution in [0.15, 0.2) is 66.7 Å². The molecular formula is C22H19F2NO3. The summed E-state index contributed by atoms with van der Waals surface area (Å²) in [5.74, 6) is -2.67. The highest BCUT2D eigenvalue weighted by atomic mass is 19.2. The van der Waals surface area contributed by atoms with Crippen molar-refractivity contribution in [3.63, 3.8) is 0 Å². The maximum atomic E-state index is 13.7. The summed E-state index contributed by atoms with van der Waals surface area (Å²) in [6.45, 7) is -0.556. The molecule has 0 bridgehead atoms. The molecule has 0 aromatic heterocycles. The molecule has 1 amide bonds. The summed E-state index contributed by atoms with van der Waals surface area (Å²) >= 11 is 0. The normalized spacial score (nSPS) is 13.6. The van der Waals surface area contributed by atoms with E-state index in [1.807, 2.05) is 36.4 Å². The lowest BCUT2D eigenvalue weighted by atomic mass is 9.98. The van der Waals surface area contributed by atoms with Gasteiger partial charge in [-0.2, -0.15) is 0 Å². The molecule has 0 aliphatic heterocycles. The van der Waals surface area contributed by atoms with Crippen molar-refractivity contribution in [3.05, 3.63) is 89.5 Å². The zero-order valence-corrected chi connectivity index (χ0v) is 14.8. The van der Waals surface area contributed by atoms with Crippen molar-refractivity contribution >= 4 is 22.8 Å². The highest BCUT2D eigenvalue weighted by Gasteiger charge is 2.22. The SMILES string of the molecule is O=C(/C=C/c1cccc(F)c1F)NC(c1ccc2ccccc2c1)C(O)CO. The lowest BCUT2D eigenvalue weighted by Crippen LogP contribution is -2.37. The Balaban J connectivity index is 1.82. The maximum absolute atomic E-state index is 13.7. The summed E-state index contributed by atoms with van der Waals surface area (Å²) in [5.41, 5.74) is 0.541. The maximum Gasteiger partial charge on any atom is 0.244 e. The van der Waals surface area contributed by atoms with Crippen LogP contribution in [-0.2, 0) is 4.79 Å². The first-order valence-electron chi connectivity index (χ1n) is 8.70. The third-order valence-corrected chi connectivity index (χ3v) is 4.40. The quantitative estimate of drug-likeness (QED) is 0.572. The number of carbonyl (C=O) groups excluding carboxylic acids is 1. The molecule has 0 fully saturated rings. The number of hydrogen-bond acceptors (Lipinski definition) is 3. The molecule has 0 radical (unpaired) electrons. The fourth-order valence-electron chi connectivity index (χ4n) is 2.92. The lowest BCUT2D eigenvalue weighted by molar-refractivity contribution is -0.118. The average molecular weight is 383 g/mol. The average Bonchev–Trinajstić information content (AvgIpc) is 2.72. The largest absolute Gasteiger partial charge is 0.394 e. The van der Waals surface area contributed by atoms with E-state index in [0.29, 0.717) is 5.56 Å². The molecule has 6 heteroatoms. The molecule has 0 saturated carbocycles. The molecule has 4 nitrogen and oxygen atoms in total. The summed E-state index contributed by atoms with van der Waals surface area (Å²) in [6, 6.07) is 15.8. The van der Waals surface area contributed by atoms with Crippen molar-refractivity contribution in [3.8, 4) is 0 Å². The Morgan fingerprint density at radius 2 is 1.79 bits per heavy atom. The van der Waals surface area contributed by atoms with E-state index >= 15 is 0 Å². The molecule has 0 aliphatic rings. The van der Waals surface area contributed by atoms with Crippen molar-refractivity contribution in [1.82, 2.24) is 5.32 Å². The van der Waals surface area contributed by atoms with Crippen LogP contribution >= 0.6 is 0 Å². The standard InChI is InChI=1S/C22H19F2NO3/c23-18-7-3-6-15(21(18)24)10-11-20(28)25-22(19(27)13-26)17-9-8-14-4-1-2-5-16(14)12-17/h1-12,19,22,26-27H,13H2,(H,25,28)/b11-10+. The van der Waals surface area contributed by atoms with Gasteiger partial charge in [-0.15, -0.1) is 0 Å². The highest BCUT2D eigenvalue weighted by Crippen LogP contribution is 2.23. The van der Waals surface area contributed by atoms with Gasteiger partial charge in [0.2, 0.25) is 5.91 Å². The van der Waals surface area contributed by atoms with Gasteiger partial charge in [-0.3, -0.25) is 4.79 Å². The van der Waals surface area contributed by atoms with Crippen LogP contribution in [0.25, 0.3) is 16.8 Å². The van der Waals surface area contributed by atoms with Gasteiger partial charge in [0.05, 0.1) is 12.6 Å². The summed E-state index contributed by atoms with van der Waals surface area (Å²) < 4.78 is 26.9. The van der Waals surface area contributed by atoms with E-state index in [2.05, 4.69) is 5.32 Å². The number of halogens is 2. The number of carbonyl (C=O) groups is 1. The Morgan fingerprint density at radius 3 is 2.54 bits per heavy atom. The molecule has 0 saturated heterocycles. The first-order chi connectivity index (χ1) is 13.5. The van der Waals surface area contributed by atoms with Crippen LogP contribution in [0.5, 0.6) is 0 Å². The predicted molar refractivity (Wildman–Crippen MR) is 103 cm³/mol. The fraction of sp³-hybridized carbons (Fsp3) is 0.136. The topological polar surface area (TPSA) is 69.6 Å². The lowest BCUT2D eigenvalue weighted by Gasteiger charge is -2.23. The number of nitrogens with one attached hydrogen (secondary N) is 1. The van der Waals surface area contributed by atoms with Crippen LogP contribution in [0.2, 0.25) is 0 Å². The van der Waals surface area contributed by atoms with Crippen molar-refractivity contribution in [2.24, 2.45) is 0 Å². The number of rotatable bonds is 6. The van der Waals surface area contributed by atoms with Gasteiger partial charge in [0.25, 0.3) is 0 Å². The minimum Gasteiger partial charge on any atom is -0.394 e. The highest BCUT2D eigenvalue weighted by molar-refractivity contribution is 5.92. The van der Waals surface area contributed by atoms with Gasteiger partial charge in [-0.1, -0.05) is 48.5 Å². The molecule has 2 unspecified atom stereocenters. The zero-order valence-electron chi connectivity index (χ0n) is 14.8. The number of amides is 1. The minimum atomic E-state index is -1.23. The third kappa shape index (κ3) is 4.42. The van der Waals surface area contributed by atoms with Gasteiger partial charge in [0.15, 0.2) is 11.6 Å². The Kier molecular flexibility index (Phi) is 6.13. The first-order valence-corrected chi connectivity index (χ1v) is 8.70. The zero-order chi connectivity index (χ0) is 20.1. The van der Waals surface area contributed by atoms with Crippen LogP contribution in [0.4, 0.5) is 8.78 Å². The van der Waals surface area contributed by atoms with E-state index < -0.39 is 36.3 Å². The van der Waals surface area contributed by atoms with Crippen LogP contribution in [0.3, 0.4) is 0 Å². The molecule has 3 aromatic carbocycles. The molecule has 0 aliphatic carbocycles. The Labute approximate surface area is 160 Å². The molecule has 28 heavy (non-hydrogen) atoms. The molecule has 0 spiro atoms. The molecule has 3 aromatic rings. The van der Waals surface area contributed by atoms with E-state index in [1.54, 1.807) is 6.07 Å². The molecule has 2 atom stereocenters. The monoisotopic (exact) mass is 383 g/mol. The number of fused-ring (bicyclic) bond motifs is 1. The van der Waals surface area contributed by atoms with Crippen LogP contribution in [0, 0.1) is 11.6 Å². The molecule has 3 N–H and O–H groups in total. The van der Waals surface area contributed by atoms with E-state index in [9.17, 15) is 23.8 Å². The van der Waals surface area contributed by atoms with Crippen molar-refractivity contribution in [2.75, 3.05) is 6.61 Å². The second-order valence-electron chi connectivity index (χ2n) is 6.32. The summed E-state index contributed by atoms with van der Waals surface area (Å²) in [4.78, 5) is 12.3. The van der Waals surface area contributed by atoms with Crippen LogP contribution < -0.4 is 5.32 Å². The molecule has 3 rings (SSSR count). The Bertz CT molecular complexity index is 1020. The Morgan fingerprint density at radius 1 is 1.04 bits per heavy atom. The second kappa shape index (κ2) is 8.73. The van der Waals surface area contributed by atoms with Crippen LogP contribution in [-0.4, -0.2) is 28.8 Å². The Hall–Kier alpha value is -3.09. The summed E-state index contributed by atoms with van der Waals surface area (Å²) in [7, 11) is 0. The molecule has 144 valence electrons. The summed E-state index contributed by atoms with van der Waals surface area (Å²) in [5, 5.41) is 24.0. The van der Waals surface area contributed by atoms with E-state index in [-0.39, 0.29) is 5.56 Å². The van der Waals surface area contributed by atoms with Gasteiger partial charge in [0.1, 0.15) is 6.10 Å².